The zero-order valence-electron chi connectivity index (χ0n) is 15.1. The van der Waals surface area contributed by atoms with Gasteiger partial charge in [-0.15, -0.1) is 21.5 Å². The first kappa shape index (κ1) is 18.3. The molecule has 0 aliphatic heterocycles. The molecule has 144 valence electrons. The van der Waals surface area contributed by atoms with Crippen LogP contribution in [-0.4, -0.2) is 23.6 Å². The number of nitrogens with one attached hydrogen (secondary N) is 1. The molecule has 1 N–H and O–H groups in total. The monoisotopic (exact) mass is 408 g/mol. The fourth-order valence-corrected chi connectivity index (χ4v) is 4.74. The van der Waals surface area contributed by atoms with Crippen molar-refractivity contribution < 1.29 is 17.3 Å². The second-order valence-electron chi connectivity index (χ2n) is 6.53. The van der Waals surface area contributed by atoms with Gasteiger partial charge in [0.25, 0.3) is 15.9 Å². The van der Waals surface area contributed by atoms with Gasteiger partial charge in [0.2, 0.25) is 11.0 Å². The van der Waals surface area contributed by atoms with Gasteiger partial charge >= 0.3 is 0 Å². The predicted octanol–water partition coefficient (Wildman–Crippen LogP) is 3.40. The second kappa shape index (κ2) is 7.17. The van der Waals surface area contributed by atoms with E-state index in [0.717, 1.165) is 41.3 Å². The van der Waals surface area contributed by atoms with Crippen molar-refractivity contribution >= 4 is 21.4 Å². The number of rotatable bonds is 8. The molecule has 3 aromatic rings. The van der Waals surface area contributed by atoms with Crippen LogP contribution >= 0.6 is 11.3 Å². The summed E-state index contributed by atoms with van der Waals surface area (Å²) in [4.78, 5) is 5.37. The Hall–Kier alpha value is -2.04. The molecular formula is C17H20N4O4S2. The topological polar surface area (TPSA) is 111 Å². The van der Waals surface area contributed by atoms with Crippen molar-refractivity contribution in [1.29, 1.82) is 0 Å². The number of hydrogen-bond donors (Lipinski definition) is 1. The van der Waals surface area contributed by atoms with Crippen molar-refractivity contribution in [2.75, 3.05) is 0 Å². The summed E-state index contributed by atoms with van der Waals surface area (Å²) in [6.45, 7) is 4.15. The maximum absolute atomic E-state index is 12.5. The number of nitrogens with zero attached hydrogens (tertiary/aromatic N) is 3. The molecule has 0 bridgehead atoms. The summed E-state index contributed by atoms with van der Waals surface area (Å²) < 4.78 is 38.6. The molecule has 1 aliphatic carbocycles. The number of thiazole rings is 1. The molecule has 0 aromatic carbocycles. The smallest absolute Gasteiger partial charge is 0.283 e. The van der Waals surface area contributed by atoms with E-state index in [1.54, 1.807) is 0 Å². The fourth-order valence-electron chi connectivity index (χ4n) is 2.61. The summed E-state index contributed by atoms with van der Waals surface area (Å²) in [5, 5.41) is 8.76. The normalized spacial score (nSPS) is 14.7. The van der Waals surface area contributed by atoms with Crippen molar-refractivity contribution in [3.05, 3.63) is 33.6 Å². The van der Waals surface area contributed by atoms with Crippen molar-refractivity contribution in [1.82, 2.24) is 19.9 Å². The Morgan fingerprint density at radius 2 is 2.07 bits per heavy atom. The highest BCUT2D eigenvalue weighted by molar-refractivity contribution is 7.89. The number of aryl methyl sites for hydroxylation is 2. The Morgan fingerprint density at radius 1 is 1.26 bits per heavy atom. The van der Waals surface area contributed by atoms with E-state index in [-0.39, 0.29) is 23.3 Å². The molecule has 1 saturated carbocycles. The van der Waals surface area contributed by atoms with E-state index in [9.17, 15) is 8.42 Å². The van der Waals surface area contributed by atoms with Crippen LogP contribution in [0.4, 0.5) is 0 Å². The van der Waals surface area contributed by atoms with Crippen LogP contribution in [0, 0.1) is 6.92 Å². The van der Waals surface area contributed by atoms with Crippen LogP contribution in [0.1, 0.15) is 53.6 Å². The van der Waals surface area contributed by atoms with Gasteiger partial charge in [-0.1, -0.05) is 6.92 Å². The maximum atomic E-state index is 12.5. The molecule has 10 heteroatoms. The Morgan fingerprint density at radius 3 is 2.81 bits per heavy atom. The molecule has 0 saturated heterocycles. The third-order valence-electron chi connectivity index (χ3n) is 4.25. The summed E-state index contributed by atoms with van der Waals surface area (Å²) in [5.41, 5.74) is 0.852. The van der Waals surface area contributed by atoms with Gasteiger partial charge in [0.05, 0.1) is 10.7 Å². The molecule has 8 nitrogen and oxygen atoms in total. The summed E-state index contributed by atoms with van der Waals surface area (Å²) >= 11 is 1.53. The lowest BCUT2D eigenvalue weighted by molar-refractivity contribution is 0.431. The molecule has 0 spiro atoms. The van der Waals surface area contributed by atoms with E-state index < -0.39 is 10.0 Å². The van der Waals surface area contributed by atoms with Crippen LogP contribution in [0.2, 0.25) is 0 Å². The van der Waals surface area contributed by atoms with E-state index in [1.807, 2.05) is 6.92 Å². The molecule has 3 heterocycles. The Kier molecular flexibility index (Phi) is 4.87. The molecule has 1 aliphatic rings. The van der Waals surface area contributed by atoms with Gasteiger partial charge < -0.3 is 8.83 Å². The number of sulfonamides is 1. The Balaban J connectivity index is 1.46. The minimum absolute atomic E-state index is 0.179. The van der Waals surface area contributed by atoms with E-state index in [2.05, 4.69) is 26.8 Å². The average molecular weight is 409 g/mol. The van der Waals surface area contributed by atoms with Gasteiger partial charge in [-0.05, 0) is 44.7 Å². The summed E-state index contributed by atoms with van der Waals surface area (Å²) in [5.74, 6) is 1.34. The average Bonchev–Trinajstić information content (AvgIpc) is 3.05. The van der Waals surface area contributed by atoms with Crippen molar-refractivity contribution in [3.8, 4) is 11.7 Å². The Labute approximate surface area is 161 Å². The van der Waals surface area contributed by atoms with E-state index >= 15 is 0 Å². The first-order chi connectivity index (χ1) is 13.0. The molecular weight excluding hydrogens is 388 g/mol. The lowest BCUT2D eigenvalue weighted by atomic mass is 10.3. The maximum Gasteiger partial charge on any atom is 0.283 e. The SMILES string of the molecule is CCCc1nc(C)c(CNS(=O)(=O)c2ccc(-c3nnc(C4CC4)o3)o2)s1. The molecule has 0 atom stereocenters. The molecule has 3 aromatic heterocycles. The summed E-state index contributed by atoms with van der Waals surface area (Å²) in [6.07, 6.45) is 3.98. The van der Waals surface area contributed by atoms with Gasteiger partial charge in [-0.25, -0.2) is 18.1 Å². The first-order valence-electron chi connectivity index (χ1n) is 8.84. The van der Waals surface area contributed by atoms with E-state index in [0.29, 0.717) is 11.8 Å². The summed E-state index contributed by atoms with van der Waals surface area (Å²) in [6, 6.07) is 2.91. The largest absolute Gasteiger partial charge is 0.438 e. The number of hydrogen-bond acceptors (Lipinski definition) is 8. The molecule has 27 heavy (non-hydrogen) atoms. The number of furan rings is 1. The highest BCUT2D eigenvalue weighted by atomic mass is 32.2. The highest BCUT2D eigenvalue weighted by Crippen LogP contribution is 2.40. The van der Waals surface area contributed by atoms with E-state index in [1.165, 1.54) is 23.5 Å². The Bertz CT molecular complexity index is 1050. The van der Waals surface area contributed by atoms with E-state index in [4.69, 9.17) is 8.83 Å². The first-order valence-corrected chi connectivity index (χ1v) is 11.1. The minimum atomic E-state index is -3.79. The van der Waals surface area contributed by atoms with Gasteiger partial charge in [-0.3, -0.25) is 0 Å². The predicted molar refractivity (Wildman–Crippen MR) is 98.8 cm³/mol. The lowest BCUT2D eigenvalue weighted by Gasteiger charge is -2.02. The van der Waals surface area contributed by atoms with Crippen LogP contribution in [0.3, 0.4) is 0 Å². The van der Waals surface area contributed by atoms with Gasteiger partial charge in [-0.2, -0.15) is 0 Å². The third kappa shape index (κ3) is 3.97. The minimum Gasteiger partial charge on any atom is -0.438 e. The van der Waals surface area contributed by atoms with Gasteiger partial charge in [0.1, 0.15) is 0 Å². The van der Waals surface area contributed by atoms with Crippen molar-refractivity contribution in [2.45, 2.75) is 57.1 Å². The van der Waals surface area contributed by atoms with Crippen LogP contribution in [-0.2, 0) is 23.0 Å². The van der Waals surface area contributed by atoms with Gasteiger partial charge in [0, 0.05) is 17.3 Å². The molecule has 0 radical (unpaired) electrons. The van der Waals surface area contributed by atoms with Crippen molar-refractivity contribution in [2.24, 2.45) is 0 Å². The lowest BCUT2D eigenvalue weighted by Crippen LogP contribution is -2.22. The third-order valence-corrected chi connectivity index (χ3v) is 6.74. The standard InChI is InChI=1S/C17H20N4O4S2/c1-3-4-14-19-10(2)13(26-14)9-18-27(22,23)15-8-7-12(24-15)17-21-20-16(25-17)11-5-6-11/h7-8,11,18H,3-6,9H2,1-2H3. The molecule has 0 unspecified atom stereocenters. The molecule has 4 rings (SSSR count). The second-order valence-corrected chi connectivity index (χ2v) is 9.40. The number of aromatic nitrogens is 3. The van der Waals surface area contributed by atoms with Crippen LogP contribution in [0.25, 0.3) is 11.7 Å². The quantitative estimate of drug-likeness (QED) is 0.608. The summed E-state index contributed by atoms with van der Waals surface area (Å²) in [7, 11) is -3.79. The van der Waals surface area contributed by atoms with Crippen LogP contribution in [0.5, 0.6) is 0 Å². The van der Waals surface area contributed by atoms with Crippen LogP contribution < -0.4 is 4.72 Å². The van der Waals surface area contributed by atoms with Crippen molar-refractivity contribution in [3.63, 3.8) is 0 Å². The molecule has 1 fully saturated rings. The molecule has 0 amide bonds. The zero-order valence-corrected chi connectivity index (χ0v) is 16.7. The van der Waals surface area contributed by atoms with Crippen LogP contribution in [0.15, 0.2) is 26.1 Å². The highest BCUT2D eigenvalue weighted by Gasteiger charge is 2.30. The van der Waals surface area contributed by atoms with Gasteiger partial charge in [0.15, 0.2) is 5.76 Å². The fraction of sp³-hybridized carbons (Fsp3) is 0.471. The zero-order chi connectivity index (χ0) is 19.0.